The summed E-state index contributed by atoms with van der Waals surface area (Å²) in [6.45, 7) is 4.89. The molecule has 7 aromatic rings. The van der Waals surface area contributed by atoms with Crippen molar-refractivity contribution in [3.05, 3.63) is 162 Å². The third-order valence-corrected chi connectivity index (χ3v) is 14.5. The molecule has 3 unspecified atom stereocenters. The summed E-state index contributed by atoms with van der Waals surface area (Å²) in [6.07, 6.45) is 12.3. The summed E-state index contributed by atoms with van der Waals surface area (Å²) in [5.74, 6) is 3.15. The van der Waals surface area contributed by atoms with Gasteiger partial charge in [-0.25, -0.2) is 0 Å². The Bertz CT molecular complexity index is 2580. The first-order chi connectivity index (χ1) is 27.0. The van der Waals surface area contributed by atoms with E-state index in [2.05, 4.69) is 158 Å². The summed E-state index contributed by atoms with van der Waals surface area (Å²) in [6, 6.07) is 54.1. The zero-order chi connectivity index (χ0) is 36.7. The molecule has 1 heteroatoms. The zero-order valence-corrected chi connectivity index (χ0v) is 32.4. The lowest BCUT2D eigenvalue weighted by molar-refractivity contribution is 0.420. The molecule has 55 heavy (non-hydrogen) atoms. The Morgan fingerprint density at radius 3 is 2.07 bits per heavy atom. The predicted octanol–water partition coefficient (Wildman–Crippen LogP) is 15.4. The van der Waals surface area contributed by atoms with Gasteiger partial charge >= 0.3 is 0 Å². The van der Waals surface area contributed by atoms with Gasteiger partial charge in [0, 0.05) is 22.1 Å². The Balaban J connectivity index is 1.19. The van der Waals surface area contributed by atoms with Crippen LogP contribution in [0, 0.1) is 11.8 Å². The third kappa shape index (κ3) is 5.33. The van der Waals surface area contributed by atoms with Crippen LogP contribution < -0.4 is 4.90 Å². The molecule has 1 nitrogen and oxygen atoms in total. The molecule has 3 saturated carbocycles. The molecule has 0 heterocycles. The quantitative estimate of drug-likeness (QED) is 0.166. The van der Waals surface area contributed by atoms with Crippen LogP contribution >= 0.6 is 0 Å². The molecule has 2 bridgehead atoms. The van der Waals surface area contributed by atoms with E-state index >= 15 is 0 Å². The SMILES string of the molecule is CC1(C)c2ccccc2-c2ccc(N(c3ccc(C4CC5CCC4C5)cc3)c3cccc4ccc(C5CCCCC5)cc34)c(-c3cccc4ccccc34)c21. The van der Waals surface area contributed by atoms with Crippen molar-refractivity contribution in [2.24, 2.45) is 11.8 Å². The fourth-order valence-corrected chi connectivity index (χ4v) is 11.9. The van der Waals surface area contributed by atoms with Crippen molar-refractivity contribution >= 4 is 38.6 Å². The highest BCUT2D eigenvalue weighted by molar-refractivity contribution is 6.08. The summed E-state index contributed by atoms with van der Waals surface area (Å²) in [5, 5.41) is 5.23. The van der Waals surface area contributed by atoms with E-state index in [0.29, 0.717) is 11.8 Å². The lowest BCUT2D eigenvalue weighted by Gasteiger charge is -2.33. The number of anilines is 3. The van der Waals surface area contributed by atoms with Crippen LogP contribution in [0.1, 0.15) is 106 Å². The molecule has 11 rings (SSSR count). The molecule has 0 saturated heterocycles. The van der Waals surface area contributed by atoms with Crippen molar-refractivity contribution in [2.75, 3.05) is 4.90 Å². The van der Waals surface area contributed by atoms with Crippen LogP contribution in [-0.4, -0.2) is 0 Å². The van der Waals surface area contributed by atoms with Gasteiger partial charge in [0.1, 0.15) is 0 Å². The lowest BCUT2D eigenvalue weighted by atomic mass is 9.77. The fraction of sp³-hybridized carbons (Fsp3) is 0.296. The maximum absolute atomic E-state index is 2.63. The van der Waals surface area contributed by atoms with Gasteiger partial charge in [0.25, 0.3) is 0 Å². The Labute approximate surface area is 327 Å². The molecule has 3 fully saturated rings. The maximum Gasteiger partial charge on any atom is 0.0544 e. The first-order valence-electron chi connectivity index (χ1n) is 21.2. The summed E-state index contributed by atoms with van der Waals surface area (Å²) in [7, 11) is 0. The van der Waals surface area contributed by atoms with Crippen molar-refractivity contribution in [1.82, 2.24) is 0 Å². The molecule has 4 aliphatic rings. The zero-order valence-electron chi connectivity index (χ0n) is 32.4. The summed E-state index contributed by atoms with van der Waals surface area (Å²) < 4.78 is 0. The van der Waals surface area contributed by atoms with Crippen LogP contribution in [0.3, 0.4) is 0 Å². The largest absolute Gasteiger partial charge is 0.309 e. The monoisotopic (exact) mass is 713 g/mol. The smallest absolute Gasteiger partial charge is 0.0544 e. The molecular weight excluding hydrogens is 663 g/mol. The highest BCUT2D eigenvalue weighted by atomic mass is 15.1. The maximum atomic E-state index is 2.63. The molecule has 0 N–H and O–H groups in total. The van der Waals surface area contributed by atoms with E-state index in [-0.39, 0.29) is 5.41 Å². The number of hydrogen-bond donors (Lipinski definition) is 0. The number of fused-ring (bicyclic) bond motifs is 7. The molecule has 0 spiro atoms. The summed E-state index contributed by atoms with van der Waals surface area (Å²) >= 11 is 0. The Morgan fingerprint density at radius 1 is 0.527 bits per heavy atom. The van der Waals surface area contributed by atoms with Crippen LogP contribution in [-0.2, 0) is 5.41 Å². The van der Waals surface area contributed by atoms with Crippen molar-refractivity contribution in [2.45, 2.75) is 88.9 Å². The van der Waals surface area contributed by atoms with Crippen LogP contribution in [0.2, 0.25) is 0 Å². The van der Waals surface area contributed by atoms with Gasteiger partial charge in [-0.05, 0) is 141 Å². The van der Waals surface area contributed by atoms with Crippen molar-refractivity contribution in [1.29, 1.82) is 0 Å². The van der Waals surface area contributed by atoms with E-state index in [0.717, 1.165) is 11.8 Å². The van der Waals surface area contributed by atoms with Gasteiger partial charge < -0.3 is 4.90 Å². The Kier molecular flexibility index (Phi) is 7.84. The minimum atomic E-state index is -0.182. The Hall–Kier alpha value is -5.14. The second-order valence-electron chi connectivity index (χ2n) is 17.9. The first-order valence-corrected chi connectivity index (χ1v) is 21.2. The van der Waals surface area contributed by atoms with E-state index in [1.54, 1.807) is 0 Å². The molecular formula is C54H51N. The van der Waals surface area contributed by atoms with Crippen molar-refractivity contribution in [3.8, 4) is 22.3 Å². The normalized spacial score (nSPS) is 21.2. The van der Waals surface area contributed by atoms with Gasteiger partial charge in [0.05, 0.1) is 11.4 Å². The number of nitrogens with zero attached hydrogens (tertiary/aromatic N) is 1. The van der Waals surface area contributed by atoms with Crippen LogP contribution in [0.5, 0.6) is 0 Å². The van der Waals surface area contributed by atoms with Crippen LogP contribution in [0.25, 0.3) is 43.8 Å². The van der Waals surface area contributed by atoms with E-state index in [1.165, 1.54) is 141 Å². The molecule has 4 aliphatic carbocycles. The van der Waals surface area contributed by atoms with Crippen LogP contribution in [0.4, 0.5) is 17.1 Å². The second-order valence-corrected chi connectivity index (χ2v) is 17.9. The molecule has 0 radical (unpaired) electrons. The Morgan fingerprint density at radius 2 is 1.25 bits per heavy atom. The number of benzene rings is 7. The van der Waals surface area contributed by atoms with E-state index in [4.69, 9.17) is 0 Å². The predicted molar refractivity (Wildman–Crippen MR) is 233 cm³/mol. The second kappa shape index (κ2) is 13.0. The average molecular weight is 714 g/mol. The van der Waals surface area contributed by atoms with Gasteiger partial charge in [-0.3, -0.25) is 0 Å². The fourth-order valence-electron chi connectivity index (χ4n) is 11.9. The van der Waals surface area contributed by atoms with E-state index in [1.807, 2.05) is 0 Å². The van der Waals surface area contributed by atoms with Gasteiger partial charge in [0.2, 0.25) is 0 Å². The summed E-state index contributed by atoms with van der Waals surface area (Å²) in [4.78, 5) is 2.63. The highest BCUT2D eigenvalue weighted by Gasteiger charge is 2.41. The molecule has 3 atom stereocenters. The third-order valence-electron chi connectivity index (χ3n) is 14.5. The van der Waals surface area contributed by atoms with Crippen molar-refractivity contribution in [3.63, 3.8) is 0 Å². The molecule has 272 valence electrons. The standard InChI is InChI=1S/C54H51N/c1-54(2)49-20-9-8-18-44(49)46-30-31-51(52(53(46)54)45-19-10-15-37-14-6-7-17-43(37)45)55(42-28-26-39(27-29-42)47-33-35-22-23-41(47)32-35)50-21-11-16-38-24-25-40(34-48(38)50)36-12-4-3-5-13-36/h6-11,14-21,24-31,34-36,41,47H,3-5,12-13,22-23,32-33H2,1-2H3. The number of hydrogen-bond acceptors (Lipinski definition) is 1. The van der Waals surface area contributed by atoms with Gasteiger partial charge in [-0.2, -0.15) is 0 Å². The van der Waals surface area contributed by atoms with Crippen LogP contribution in [0.15, 0.2) is 140 Å². The van der Waals surface area contributed by atoms with Crippen molar-refractivity contribution < 1.29 is 0 Å². The minimum absolute atomic E-state index is 0.182. The van der Waals surface area contributed by atoms with E-state index < -0.39 is 0 Å². The lowest BCUT2D eigenvalue weighted by Crippen LogP contribution is -2.19. The topological polar surface area (TPSA) is 3.24 Å². The molecule has 0 aliphatic heterocycles. The van der Waals surface area contributed by atoms with E-state index in [9.17, 15) is 0 Å². The first kappa shape index (κ1) is 33.2. The van der Waals surface area contributed by atoms with Gasteiger partial charge in [0.15, 0.2) is 0 Å². The minimum Gasteiger partial charge on any atom is -0.309 e. The highest BCUT2D eigenvalue weighted by Crippen LogP contribution is 2.58. The average Bonchev–Trinajstić information content (AvgIpc) is 3.94. The van der Waals surface area contributed by atoms with Gasteiger partial charge in [-0.1, -0.05) is 149 Å². The molecule has 0 aromatic heterocycles. The molecule has 7 aromatic carbocycles. The number of rotatable bonds is 6. The summed E-state index contributed by atoms with van der Waals surface area (Å²) in [5.41, 5.74) is 14.8. The van der Waals surface area contributed by atoms with Gasteiger partial charge in [-0.15, -0.1) is 0 Å². The molecule has 0 amide bonds.